The molecule has 0 aromatic carbocycles. The highest BCUT2D eigenvalue weighted by molar-refractivity contribution is 5.50. The molecule has 0 spiro atoms. The van der Waals surface area contributed by atoms with E-state index in [0.717, 1.165) is 25.5 Å². The summed E-state index contributed by atoms with van der Waals surface area (Å²) in [7, 11) is 0. The Morgan fingerprint density at radius 1 is 1.28 bits per heavy atom. The average molecular weight is 243 g/mol. The molecule has 94 valence electrons. The van der Waals surface area contributed by atoms with E-state index < -0.39 is 0 Å². The lowest BCUT2D eigenvalue weighted by atomic mass is 10.1. The van der Waals surface area contributed by atoms with Crippen molar-refractivity contribution >= 4 is 5.82 Å². The molecular formula is C13H17N5. The lowest BCUT2D eigenvalue weighted by Crippen LogP contribution is -2.52. The van der Waals surface area contributed by atoms with Gasteiger partial charge in [-0.25, -0.2) is 9.97 Å². The number of aromatic nitrogens is 2. The minimum Gasteiger partial charge on any atom is -0.351 e. The minimum absolute atomic E-state index is 0.442. The molecule has 5 heteroatoms. The van der Waals surface area contributed by atoms with Gasteiger partial charge >= 0.3 is 0 Å². The van der Waals surface area contributed by atoms with E-state index in [4.69, 9.17) is 5.26 Å². The van der Waals surface area contributed by atoms with Crippen LogP contribution >= 0.6 is 0 Å². The van der Waals surface area contributed by atoms with Gasteiger partial charge in [0.15, 0.2) is 11.5 Å². The van der Waals surface area contributed by atoms with Gasteiger partial charge in [0.2, 0.25) is 0 Å². The molecule has 0 saturated carbocycles. The summed E-state index contributed by atoms with van der Waals surface area (Å²) in [4.78, 5) is 13.2. The van der Waals surface area contributed by atoms with Crippen LogP contribution in [-0.2, 0) is 0 Å². The van der Waals surface area contributed by atoms with Crippen LogP contribution in [0, 0.1) is 11.3 Å². The van der Waals surface area contributed by atoms with Crippen molar-refractivity contribution in [2.24, 2.45) is 0 Å². The Bertz CT molecular complexity index is 481. The first-order chi connectivity index (χ1) is 8.79. The number of rotatable bonds is 1. The van der Waals surface area contributed by atoms with Gasteiger partial charge in [-0.1, -0.05) is 0 Å². The first kappa shape index (κ1) is 11.4. The molecule has 0 bridgehead atoms. The molecule has 0 radical (unpaired) electrons. The Kier molecular flexibility index (Phi) is 2.88. The summed E-state index contributed by atoms with van der Waals surface area (Å²) in [6.45, 7) is 5.28. The molecule has 1 aromatic heterocycles. The fraction of sp³-hybridized carbons (Fsp3) is 0.615. The third-order valence-electron chi connectivity index (χ3n) is 4.10. The van der Waals surface area contributed by atoms with Gasteiger partial charge in [0.25, 0.3) is 0 Å². The Hall–Kier alpha value is -1.67. The molecule has 2 aliphatic rings. The second kappa shape index (κ2) is 4.54. The van der Waals surface area contributed by atoms with Crippen molar-refractivity contribution in [3.05, 3.63) is 18.1 Å². The summed E-state index contributed by atoms with van der Waals surface area (Å²) in [5, 5.41) is 9.09. The van der Waals surface area contributed by atoms with Crippen LogP contribution in [0.1, 0.15) is 25.5 Å². The van der Waals surface area contributed by atoms with Crippen LogP contribution in [0.15, 0.2) is 12.4 Å². The topological polar surface area (TPSA) is 56.1 Å². The maximum atomic E-state index is 9.09. The maximum Gasteiger partial charge on any atom is 0.183 e. The Morgan fingerprint density at radius 2 is 2.11 bits per heavy atom. The van der Waals surface area contributed by atoms with Gasteiger partial charge in [-0.2, -0.15) is 5.26 Å². The fourth-order valence-corrected chi connectivity index (χ4v) is 3.14. The first-order valence-electron chi connectivity index (χ1n) is 6.51. The number of fused-ring (bicyclic) bond motifs is 1. The zero-order valence-electron chi connectivity index (χ0n) is 10.6. The van der Waals surface area contributed by atoms with E-state index in [1.54, 1.807) is 12.4 Å². The van der Waals surface area contributed by atoms with Crippen LogP contribution in [0.3, 0.4) is 0 Å². The zero-order valence-corrected chi connectivity index (χ0v) is 10.6. The summed E-state index contributed by atoms with van der Waals surface area (Å²) < 4.78 is 0. The quantitative estimate of drug-likeness (QED) is 0.737. The third kappa shape index (κ3) is 1.83. The molecule has 1 aromatic rings. The van der Waals surface area contributed by atoms with E-state index in [1.807, 2.05) is 0 Å². The highest BCUT2D eigenvalue weighted by Gasteiger charge is 2.35. The monoisotopic (exact) mass is 243 g/mol. The molecule has 3 heterocycles. The largest absolute Gasteiger partial charge is 0.351 e. The number of nitriles is 1. The van der Waals surface area contributed by atoms with Crippen molar-refractivity contribution in [3.63, 3.8) is 0 Å². The summed E-state index contributed by atoms with van der Waals surface area (Å²) in [5.74, 6) is 0.749. The third-order valence-corrected chi connectivity index (χ3v) is 4.10. The standard InChI is InChI=1S/C13H17N5/c1-10-2-3-11-9-17(6-7-18(10)11)13-12(8-14)15-4-5-16-13/h4-5,10-11H,2-3,6-7,9H2,1H3/t10-,11-/m0/s1. The lowest BCUT2D eigenvalue weighted by Gasteiger charge is -2.39. The summed E-state index contributed by atoms with van der Waals surface area (Å²) >= 11 is 0. The minimum atomic E-state index is 0.442. The molecule has 18 heavy (non-hydrogen) atoms. The Morgan fingerprint density at radius 3 is 2.94 bits per heavy atom. The van der Waals surface area contributed by atoms with Gasteiger partial charge in [0, 0.05) is 44.1 Å². The van der Waals surface area contributed by atoms with Crippen LogP contribution < -0.4 is 4.90 Å². The molecule has 3 rings (SSSR count). The van der Waals surface area contributed by atoms with Gasteiger partial charge < -0.3 is 4.90 Å². The molecule has 2 aliphatic heterocycles. The van der Waals surface area contributed by atoms with Crippen molar-refractivity contribution in [2.75, 3.05) is 24.5 Å². The molecule has 2 atom stereocenters. The molecule has 0 aliphatic carbocycles. The molecule has 5 nitrogen and oxygen atoms in total. The van der Waals surface area contributed by atoms with E-state index in [-0.39, 0.29) is 0 Å². The van der Waals surface area contributed by atoms with Crippen molar-refractivity contribution in [2.45, 2.75) is 31.8 Å². The second-order valence-corrected chi connectivity index (χ2v) is 5.10. The maximum absolute atomic E-state index is 9.09. The summed E-state index contributed by atoms with van der Waals surface area (Å²) in [6, 6.07) is 3.45. The predicted octanol–water partition coefficient (Wildman–Crippen LogP) is 1.02. The first-order valence-corrected chi connectivity index (χ1v) is 6.51. The normalized spacial score (nSPS) is 27.9. The van der Waals surface area contributed by atoms with Crippen molar-refractivity contribution < 1.29 is 0 Å². The number of piperazine rings is 1. The SMILES string of the molecule is C[C@H]1CC[C@H]2CN(c3nccnc3C#N)CCN21. The second-order valence-electron chi connectivity index (χ2n) is 5.10. The highest BCUT2D eigenvalue weighted by Crippen LogP contribution is 2.29. The average Bonchev–Trinajstić information content (AvgIpc) is 2.80. The van der Waals surface area contributed by atoms with Crippen LogP contribution in [-0.4, -0.2) is 46.6 Å². The highest BCUT2D eigenvalue weighted by atomic mass is 15.3. The number of anilines is 1. The lowest BCUT2D eigenvalue weighted by molar-refractivity contribution is 0.184. The van der Waals surface area contributed by atoms with Crippen LogP contribution in [0.2, 0.25) is 0 Å². The Labute approximate surface area is 107 Å². The van der Waals surface area contributed by atoms with E-state index >= 15 is 0 Å². The molecule has 2 saturated heterocycles. The van der Waals surface area contributed by atoms with Gasteiger partial charge in [-0.3, -0.25) is 4.90 Å². The molecule has 0 amide bonds. The van der Waals surface area contributed by atoms with Crippen molar-refractivity contribution in [1.29, 1.82) is 5.26 Å². The number of hydrogen-bond acceptors (Lipinski definition) is 5. The van der Waals surface area contributed by atoms with E-state index in [0.29, 0.717) is 17.8 Å². The van der Waals surface area contributed by atoms with Crippen LogP contribution in [0.5, 0.6) is 0 Å². The summed E-state index contributed by atoms with van der Waals surface area (Å²) in [6.07, 6.45) is 5.78. The fourth-order valence-electron chi connectivity index (χ4n) is 3.14. The van der Waals surface area contributed by atoms with Crippen molar-refractivity contribution in [1.82, 2.24) is 14.9 Å². The van der Waals surface area contributed by atoms with Gasteiger partial charge in [0.1, 0.15) is 6.07 Å². The smallest absolute Gasteiger partial charge is 0.183 e. The van der Waals surface area contributed by atoms with Gasteiger partial charge in [-0.05, 0) is 19.8 Å². The van der Waals surface area contributed by atoms with E-state index in [2.05, 4.69) is 32.8 Å². The summed E-state index contributed by atoms with van der Waals surface area (Å²) in [5.41, 5.74) is 0.442. The molecule has 2 fully saturated rings. The molecular weight excluding hydrogens is 226 g/mol. The van der Waals surface area contributed by atoms with Crippen LogP contribution in [0.4, 0.5) is 5.82 Å². The van der Waals surface area contributed by atoms with Gasteiger partial charge in [0.05, 0.1) is 0 Å². The predicted molar refractivity (Wildman–Crippen MR) is 68.2 cm³/mol. The zero-order chi connectivity index (χ0) is 12.5. The molecule has 0 unspecified atom stereocenters. The van der Waals surface area contributed by atoms with Crippen molar-refractivity contribution in [3.8, 4) is 6.07 Å². The van der Waals surface area contributed by atoms with E-state index in [1.165, 1.54) is 12.8 Å². The van der Waals surface area contributed by atoms with E-state index in [9.17, 15) is 0 Å². The number of nitrogens with zero attached hydrogens (tertiary/aromatic N) is 5. The van der Waals surface area contributed by atoms with Gasteiger partial charge in [-0.15, -0.1) is 0 Å². The Balaban J connectivity index is 1.81. The van der Waals surface area contributed by atoms with Crippen LogP contribution in [0.25, 0.3) is 0 Å². The number of hydrogen-bond donors (Lipinski definition) is 0. The molecule has 0 N–H and O–H groups in total.